The van der Waals surface area contributed by atoms with E-state index in [1.807, 2.05) is 6.07 Å². The van der Waals surface area contributed by atoms with Crippen molar-refractivity contribution in [3.63, 3.8) is 0 Å². The summed E-state index contributed by atoms with van der Waals surface area (Å²) >= 11 is 0. The van der Waals surface area contributed by atoms with Crippen LogP contribution < -0.4 is 5.73 Å². The molecule has 1 unspecified atom stereocenters. The molecule has 3 nitrogen and oxygen atoms in total. The van der Waals surface area contributed by atoms with E-state index in [2.05, 4.69) is 0 Å². The average molecular weight is 168 g/mol. The quantitative estimate of drug-likeness (QED) is 0.624. The predicted molar refractivity (Wildman–Crippen MR) is 46.4 cm³/mol. The molecule has 2 N–H and O–H groups in total. The first-order valence-electron chi connectivity index (χ1n) is 4.56. The van der Waals surface area contributed by atoms with Crippen molar-refractivity contribution in [3.05, 3.63) is 0 Å². The maximum absolute atomic E-state index is 8.35. The van der Waals surface area contributed by atoms with Crippen LogP contribution in [-0.4, -0.2) is 19.3 Å². The van der Waals surface area contributed by atoms with Crippen molar-refractivity contribution in [2.75, 3.05) is 13.2 Å². The first-order chi connectivity index (χ1) is 5.83. The number of nitriles is 1. The van der Waals surface area contributed by atoms with Crippen LogP contribution in [0.2, 0.25) is 0 Å². The Morgan fingerprint density at radius 3 is 2.83 bits per heavy atom. The molecule has 0 heterocycles. The van der Waals surface area contributed by atoms with E-state index in [4.69, 9.17) is 15.7 Å². The van der Waals surface area contributed by atoms with Gasteiger partial charge in [0.25, 0.3) is 0 Å². The number of rotatable bonds is 5. The normalized spacial score (nSPS) is 19.7. The van der Waals surface area contributed by atoms with Crippen molar-refractivity contribution in [2.45, 2.75) is 31.7 Å². The van der Waals surface area contributed by atoms with Crippen LogP contribution >= 0.6 is 0 Å². The molecule has 0 aromatic heterocycles. The van der Waals surface area contributed by atoms with Crippen molar-refractivity contribution < 1.29 is 4.74 Å². The first-order valence-corrected chi connectivity index (χ1v) is 4.56. The fraction of sp³-hybridized carbons (Fsp3) is 0.889. The zero-order chi connectivity index (χ0) is 8.81. The highest BCUT2D eigenvalue weighted by molar-refractivity contribution is 4.85. The molecule has 0 aromatic rings. The second-order valence-corrected chi connectivity index (χ2v) is 3.40. The summed E-state index contributed by atoms with van der Waals surface area (Å²) in [7, 11) is 0. The van der Waals surface area contributed by atoms with Gasteiger partial charge >= 0.3 is 0 Å². The third-order valence-corrected chi connectivity index (χ3v) is 2.36. The van der Waals surface area contributed by atoms with E-state index in [-0.39, 0.29) is 0 Å². The minimum absolute atomic E-state index is 0.378. The summed E-state index contributed by atoms with van der Waals surface area (Å²) in [5.74, 6) is 0.878. The van der Waals surface area contributed by atoms with E-state index < -0.39 is 6.04 Å². The average Bonchev–Trinajstić information content (AvgIpc) is 2.00. The number of ether oxygens (including phenoxy) is 1. The Balaban J connectivity index is 1.86. The lowest BCUT2D eigenvalue weighted by molar-refractivity contribution is 0.104. The molecule has 12 heavy (non-hydrogen) atoms. The Hall–Kier alpha value is -0.590. The molecule has 1 aliphatic carbocycles. The number of nitrogens with two attached hydrogens (primary N) is 1. The van der Waals surface area contributed by atoms with Gasteiger partial charge < -0.3 is 10.5 Å². The van der Waals surface area contributed by atoms with Gasteiger partial charge in [0.15, 0.2) is 0 Å². The highest BCUT2D eigenvalue weighted by Gasteiger charge is 2.16. The van der Waals surface area contributed by atoms with E-state index in [9.17, 15) is 0 Å². The molecule has 0 aliphatic heterocycles. The molecule has 3 heteroatoms. The highest BCUT2D eigenvalue weighted by Crippen LogP contribution is 2.28. The minimum atomic E-state index is -0.452. The van der Waals surface area contributed by atoms with Gasteiger partial charge in [-0.25, -0.2) is 0 Å². The summed E-state index contributed by atoms with van der Waals surface area (Å²) in [6.07, 6.45) is 5.22. The van der Waals surface area contributed by atoms with E-state index >= 15 is 0 Å². The second-order valence-electron chi connectivity index (χ2n) is 3.40. The monoisotopic (exact) mass is 168 g/mol. The van der Waals surface area contributed by atoms with E-state index in [1.165, 1.54) is 19.3 Å². The number of nitrogens with zero attached hydrogens (tertiary/aromatic N) is 1. The molecule has 1 aliphatic rings. The van der Waals surface area contributed by atoms with Crippen molar-refractivity contribution in [3.8, 4) is 6.07 Å². The Bertz CT molecular complexity index is 160. The lowest BCUT2D eigenvalue weighted by Crippen LogP contribution is -2.25. The third kappa shape index (κ3) is 3.21. The van der Waals surface area contributed by atoms with Crippen molar-refractivity contribution >= 4 is 0 Å². The van der Waals surface area contributed by atoms with Crippen LogP contribution in [0.5, 0.6) is 0 Å². The van der Waals surface area contributed by atoms with E-state index in [0.29, 0.717) is 6.61 Å². The highest BCUT2D eigenvalue weighted by atomic mass is 16.5. The smallest absolute Gasteiger partial charge is 0.116 e. The molecule has 68 valence electrons. The maximum atomic E-state index is 8.35. The number of hydrogen-bond donors (Lipinski definition) is 1. The Morgan fingerprint density at radius 1 is 1.58 bits per heavy atom. The van der Waals surface area contributed by atoms with Crippen molar-refractivity contribution in [1.29, 1.82) is 5.26 Å². The first kappa shape index (κ1) is 9.50. The summed E-state index contributed by atoms with van der Waals surface area (Å²) in [6, 6.07) is 1.48. The van der Waals surface area contributed by atoms with Crippen molar-refractivity contribution in [1.82, 2.24) is 0 Å². The zero-order valence-corrected chi connectivity index (χ0v) is 7.33. The second kappa shape index (κ2) is 5.13. The van der Waals surface area contributed by atoms with E-state index in [1.54, 1.807) is 0 Å². The van der Waals surface area contributed by atoms with Crippen LogP contribution in [0.15, 0.2) is 0 Å². The van der Waals surface area contributed by atoms with Gasteiger partial charge in [0.05, 0.1) is 12.7 Å². The molecule has 1 fully saturated rings. The van der Waals surface area contributed by atoms with Crippen LogP contribution in [0.25, 0.3) is 0 Å². The predicted octanol–water partition coefficient (Wildman–Crippen LogP) is 1.04. The third-order valence-electron chi connectivity index (χ3n) is 2.36. The molecular formula is C9H16N2O. The summed E-state index contributed by atoms with van der Waals surface area (Å²) in [5, 5.41) is 8.35. The lowest BCUT2D eigenvalue weighted by Gasteiger charge is -2.24. The van der Waals surface area contributed by atoms with Crippen molar-refractivity contribution in [2.24, 2.45) is 11.7 Å². The van der Waals surface area contributed by atoms with Crippen LogP contribution in [0.3, 0.4) is 0 Å². The number of hydrogen-bond acceptors (Lipinski definition) is 3. The van der Waals surface area contributed by atoms with Gasteiger partial charge in [0.2, 0.25) is 0 Å². The molecular weight excluding hydrogens is 152 g/mol. The van der Waals surface area contributed by atoms with E-state index in [0.717, 1.165) is 18.9 Å². The van der Waals surface area contributed by atoms with Crippen LogP contribution in [0, 0.1) is 17.2 Å². The standard InChI is InChI=1S/C9H16N2O/c10-6-9(11)7-12-5-4-8-2-1-3-8/h8-9H,1-5,7,11H2. The van der Waals surface area contributed by atoms with Gasteiger partial charge in [0, 0.05) is 6.61 Å². The molecule has 0 spiro atoms. The maximum Gasteiger partial charge on any atom is 0.116 e. The van der Waals surface area contributed by atoms with Gasteiger partial charge in [-0.1, -0.05) is 19.3 Å². The van der Waals surface area contributed by atoms with Gasteiger partial charge in [0.1, 0.15) is 6.04 Å². The Kier molecular flexibility index (Phi) is 4.06. The molecule has 1 rings (SSSR count). The minimum Gasteiger partial charge on any atom is -0.379 e. The SMILES string of the molecule is N#CC(N)COCCC1CCC1. The fourth-order valence-electron chi connectivity index (χ4n) is 1.28. The summed E-state index contributed by atoms with van der Waals surface area (Å²) < 4.78 is 5.25. The van der Waals surface area contributed by atoms with Gasteiger partial charge in [-0.05, 0) is 12.3 Å². The molecule has 1 saturated carbocycles. The molecule has 0 radical (unpaired) electrons. The van der Waals surface area contributed by atoms with Gasteiger partial charge in [-0.15, -0.1) is 0 Å². The summed E-state index contributed by atoms with van der Waals surface area (Å²) in [6.45, 7) is 1.14. The zero-order valence-electron chi connectivity index (χ0n) is 7.33. The van der Waals surface area contributed by atoms with Crippen LogP contribution in [0.4, 0.5) is 0 Å². The summed E-state index contributed by atoms with van der Waals surface area (Å²) in [4.78, 5) is 0. The van der Waals surface area contributed by atoms with Crippen LogP contribution in [-0.2, 0) is 4.74 Å². The molecule has 0 saturated heterocycles. The Morgan fingerprint density at radius 2 is 2.33 bits per heavy atom. The lowest BCUT2D eigenvalue weighted by atomic mass is 9.83. The molecule has 0 amide bonds. The van der Waals surface area contributed by atoms with Gasteiger partial charge in [-0.2, -0.15) is 5.26 Å². The molecule has 0 aromatic carbocycles. The largest absolute Gasteiger partial charge is 0.379 e. The summed E-state index contributed by atoms with van der Waals surface area (Å²) in [5.41, 5.74) is 5.35. The Labute approximate surface area is 73.5 Å². The molecule has 1 atom stereocenters. The fourth-order valence-corrected chi connectivity index (χ4v) is 1.28. The topological polar surface area (TPSA) is 59.0 Å². The van der Waals surface area contributed by atoms with Gasteiger partial charge in [-0.3, -0.25) is 0 Å². The molecule has 0 bridgehead atoms. The van der Waals surface area contributed by atoms with Crippen LogP contribution in [0.1, 0.15) is 25.7 Å².